The second kappa shape index (κ2) is 3.09. The van der Waals surface area contributed by atoms with Crippen molar-refractivity contribution in [1.82, 2.24) is 0 Å². The van der Waals surface area contributed by atoms with Crippen molar-refractivity contribution in [2.24, 2.45) is 5.41 Å². The lowest BCUT2D eigenvalue weighted by Crippen LogP contribution is -2.27. The predicted octanol–water partition coefficient (Wildman–Crippen LogP) is 3.05. The minimum atomic E-state index is -4.21. The lowest BCUT2D eigenvalue weighted by Gasteiger charge is -2.20. The van der Waals surface area contributed by atoms with Crippen LogP contribution in [0.2, 0.25) is 0 Å². The molecule has 0 aromatic heterocycles. The third kappa shape index (κ3) is 1.57. The lowest BCUT2D eigenvalue weighted by atomic mass is 10.0. The molecule has 0 saturated heterocycles. The summed E-state index contributed by atoms with van der Waals surface area (Å²) >= 11 is 0. The summed E-state index contributed by atoms with van der Waals surface area (Å²) in [4.78, 5) is 0. The topological polar surface area (TPSA) is 9.23 Å². The van der Waals surface area contributed by atoms with E-state index >= 15 is 0 Å². The molecule has 0 aromatic rings. The van der Waals surface area contributed by atoms with Crippen LogP contribution in [-0.4, -0.2) is 13.3 Å². The van der Waals surface area contributed by atoms with Gasteiger partial charge < -0.3 is 4.74 Å². The molecule has 1 aliphatic rings. The van der Waals surface area contributed by atoms with E-state index < -0.39 is 11.6 Å². The van der Waals surface area contributed by atoms with Gasteiger partial charge in [0.05, 0.1) is 7.11 Å². The highest BCUT2D eigenvalue weighted by Gasteiger charge is 2.66. The maximum absolute atomic E-state index is 12.5. The van der Waals surface area contributed by atoms with Gasteiger partial charge in [0.1, 0.15) is 11.2 Å². The van der Waals surface area contributed by atoms with Gasteiger partial charge in [0.2, 0.25) is 0 Å². The predicted molar refractivity (Wildman–Crippen MR) is 43.0 cm³/mol. The molecule has 1 rings (SSSR count). The van der Waals surface area contributed by atoms with Gasteiger partial charge in [-0.2, -0.15) is 13.2 Å². The molecule has 0 atom stereocenters. The first kappa shape index (κ1) is 10.2. The van der Waals surface area contributed by atoms with Crippen LogP contribution in [-0.2, 0) is 4.74 Å². The van der Waals surface area contributed by atoms with Crippen LogP contribution >= 0.6 is 0 Å². The molecule has 1 fully saturated rings. The van der Waals surface area contributed by atoms with Gasteiger partial charge in [-0.3, -0.25) is 0 Å². The van der Waals surface area contributed by atoms with Gasteiger partial charge in [0.15, 0.2) is 0 Å². The third-order valence-corrected chi connectivity index (χ3v) is 2.25. The van der Waals surface area contributed by atoms with Crippen LogP contribution < -0.4 is 0 Å². The summed E-state index contributed by atoms with van der Waals surface area (Å²) < 4.78 is 42.2. The van der Waals surface area contributed by atoms with Crippen molar-refractivity contribution in [3.63, 3.8) is 0 Å². The highest BCUT2D eigenvalue weighted by molar-refractivity contribution is 5.23. The molecule has 0 aliphatic heterocycles. The number of ether oxygens (including phenoxy) is 1. The number of methoxy groups -OCH3 is 1. The van der Waals surface area contributed by atoms with Gasteiger partial charge >= 0.3 is 6.18 Å². The van der Waals surface area contributed by atoms with Crippen molar-refractivity contribution >= 4 is 0 Å². The first-order valence-corrected chi connectivity index (χ1v) is 3.92. The Kier molecular flexibility index (Phi) is 2.41. The first-order chi connectivity index (χ1) is 5.98. The van der Waals surface area contributed by atoms with E-state index in [9.17, 15) is 13.2 Å². The number of allylic oxidation sites excluding steroid dienone is 3. The maximum Gasteiger partial charge on any atom is 0.401 e. The second-order valence-electron chi connectivity index (χ2n) is 3.05. The Morgan fingerprint density at radius 2 is 2.00 bits per heavy atom. The molecule has 0 radical (unpaired) electrons. The van der Waals surface area contributed by atoms with E-state index in [-0.39, 0.29) is 18.6 Å². The zero-order valence-corrected chi connectivity index (χ0v) is 7.32. The van der Waals surface area contributed by atoms with Gasteiger partial charge in [-0.25, -0.2) is 0 Å². The Morgan fingerprint density at radius 1 is 1.46 bits per heavy atom. The zero-order valence-electron chi connectivity index (χ0n) is 7.32. The number of hydrogen-bond donors (Lipinski definition) is 0. The van der Waals surface area contributed by atoms with Gasteiger partial charge in [-0.05, 0) is 18.9 Å². The van der Waals surface area contributed by atoms with E-state index in [1.807, 2.05) is 0 Å². The zero-order chi connectivity index (χ0) is 10.1. The van der Waals surface area contributed by atoms with E-state index in [0.717, 1.165) is 0 Å². The molecule has 0 unspecified atom stereocenters. The average molecular weight is 192 g/mol. The highest BCUT2D eigenvalue weighted by Crippen LogP contribution is 2.62. The summed E-state index contributed by atoms with van der Waals surface area (Å²) in [6, 6.07) is 0. The van der Waals surface area contributed by atoms with E-state index in [4.69, 9.17) is 4.74 Å². The number of halogens is 3. The van der Waals surface area contributed by atoms with Gasteiger partial charge in [-0.1, -0.05) is 12.7 Å². The summed E-state index contributed by atoms with van der Waals surface area (Å²) in [5, 5.41) is 0. The summed E-state index contributed by atoms with van der Waals surface area (Å²) in [6.07, 6.45) is -1.39. The minimum Gasteiger partial charge on any atom is -0.500 e. The van der Waals surface area contributed by atoms with Crippen LogP contribution in [0.1, 0.15) is 12.8 Å². The van der Waals surface area contributed by atoms with Crippen molar-refractivity contribution in [3.05, 3.63) is 24.5 Å². The molecule has 1 aliphatic carbocycles. The van der Waals surface area contributed by atoms with E-state index in [1.54, 1.807) is 0 Å². The number of hydrogen-bond acceptors (Lipinski definition) is 1. The highest BCUT2D eigenvalue weighted by atomic mass is 19.4. The minimum absolute atomic E-state index is 0.0324. The van der Waals surface area contributed by atoms with Crippen molar-refractivity contribution in [2.45, 2.75) is 19.0 Å². The molecule has 0 amide bonds. The fraction of sp³-hybridized carbons (Fsp3) is 0.556. The van der Waals surface area contributed by atoms with Gasteiger partial charge in [0, 0.05) is 0 Å². The fourth-order valence-corrected chi connectivity index (χ4v) is 1.32. The van der Waals surface area contributed by atoms with E-state index in [1.165, 1.54) is 19.3 Å². The van der Waals surface area contributed by atoms with Crippen LogP contribution in [0.3, 0.4) is 0 Å². The van der Waals surface area contributed by atoms with Crippen molar-refractivity contribution in [1.29, 1.82) is 0 Å². The molecule has 0 aromatic carbocycles. The van der Waals surface area contributed by atoms with Crippen LogP contribution in [0.4, 0.5) is 13.2 Å². The van der Waals surface area contributed by atoms with Crippen LogP contribution in [0, 0.1) is 5.41 Å². The smallest absolute Gasteiger partial charge is 0.401 e. The maximum atomic E-state index is 12.5. The Morgan fingerprint density at radius 3 is 2.23 bits per heavy atom. The summed E-state index contributed by atoms with van der Waals surface area (Å²) in [7, 11) is 1.25. The van der Waals surface area contributed by atoms with E-state index in [2.05, 4.69) is 6.58 Å². The fourth-order valence-electron chi connectivity index (χ4n) is 1.32. The van der Waals surface area contributed by atoms with E-state index in [0.29, 0.717) is 0 Å². The molecule has 0 N–H and O–H groups in total. The van der Waals surface area contributed by atoms with Crippen molar-refractivity contribution in [3.8, 4) is 0 Å². The lowest BCUT2D eigenvalue weighted by molar-refractivity contribution is -0.184. The normalized spacial score (nSPS) is 21.1. The summed E-state index contributed by atoms with van der Waals surface area (Å²) in [6.45, 7) is 3.35. The second-order valence-corrected chi connectivity index (χ2v) is 3.05. The summed E-state index contributed by atoms with van der Waals surface area (Å²) in [5.41, 5.74) is -1.73. The molecule has 13 heavy (non-hydrogen) atoms. The molecule has 1 nitrogen and oxygen atoms in total. The molecule has 0 heterocycles. The number of alkyl halides is 3. The Hall–Kier alpha value is -0.930. The van der Waals surface area contributed by atoms with Gasteiger partial charge in [-0.15, -0.1) is 0 Å². The van der Waals surface area contributed by atoms with Crippen LogP contribution in [0.15, 0.2) is 24.5 Å². The average Bonchev–Trinajstić information content (AvgIpc) is 2.78. The van der Waals surface area contributed by atoms with Gasteiger partial charge in [0.25, 0.3) is 0 Å². The van der Waals surface area contributed by atoms with Crippen molar-refractivity contribution < 1.29 is 17.9 Å². The van der Waals surface area contributed by atoms with Crippen LogP contribution in [0.25, 0.3) is 0 Å². The molecule has 4 heteroatoms. The Balaban J connectivity index is 2.92. The third-order valence-electron chi connectivity index (χ3n) is 2.25. The standard InChI is InChI=1S/C9H11F3O/c1-3-4-7(13-2)8(5-6-8)9(10,11)12/h3-4H,1,5-6H2,2H3/b7-4-. The quantitative estimate of drug-likeness (QED) is 0.493. The van der Waals surface area contributed by atoms with Crippen LogP contribution in [0.5, 0.6) is 0 Å². The van der Waals surface area contributed by atoms with Crippen molar-refractivity contribution in [2.75, 3.05) is 7.11 Å². The largest absolute Gasteiger partial charge is 0.500 e. The monoisotopic (exact) mass is 192 g/mol. The molecule has 0 bridgehead atoms. The number of rotatable bonds is 3. The Bertz CT molecular complexity index is 236. The first-order valence-electron chi connectivity index (χ1n) is 3.92. The molecular formula is C9H11F3O. The molecule has 74 valence electrons. The summed E-state index contributed by atoms with van der Waals surface area (Å²) in [5.74, 6) is -0.0324. The Labute approximate surface area is 74.9 Å². The SMILES string of the molecule is C=C/C=C(\OC)C1(C(F)(F)F)CC1. The molecule has 1 saturated carbocycles. The molecule has 0 spiro atoms. The molecular weight excluding hydrogens is 181 g/mol.